The molecule has 0 heterocycles. The molecule has 0 aliphatic carbocycles. The van der Waals surface area contributed by atoms with Crippen molar-refractivity contribution >= 4 is 39.5 Å². The van der Waals surface area contributed by atoms with Gasteiger partial charge in [0.25, 0.3) is 0 Å². The summed E-state index contributed by atoms with van der Waals surface area (Å²) in [7, 11) is -9.93. The minimum absolute atomic E-state index is 0.108. The lowest BCUT2D eigenvalue weighted by atomic mass is 9.99. The number of phosphoric ester groups is 2. The van der Waals surface area contributed by atoms with Crippen molar-refractivity contribution in [2.75, 3.05) is 39.6 Å². The topological polar surface area (TPSA) is 237 Å². The van der Waals surface area contributed by atoms with Gasteiger partial charge < -0.3 is 33.8 Å². The van der Waals surface area contributed by atoms with E-state index < -0.39 is 97.5 Å². The van der Waals surface area contributed by atoms with E-state index in [1.54, 1.807) is 0 Å². The molecule has 0 aromatic carbocycles. The number of hydrogen-bond acceptors (Lipinski definition) is 15. The minimum Gasteiger partial charge on any atom is -0.462 e. The monoisotopic (exact) mass is 1550 g/mol. The van der Waals surface area contributed by atoms with Gasteiger partial charge in [-0.2, -0.15) is 0 Å². The first-order valence-corrected chi connectivity index (χ1v) is 47.9. The lowest BCUT2D eigenvalue weighted by Gasteiger charge is -2.21. The van der Waals surface area contributed by atoms with Crippen LogP contribution >= 0.6 is 15.6 Å². The molecule has 630 valence electrons. The van der Waals surface area contributed by atoms with Crippen LogP contribution < -0.4 is 0 Å². The number of phosphoric acid groups is 2. The highest BCUT2D eigenvalue weighted by Crippen LogP contribution is 2.45. The Morgan fingerprint density at radius 2 is 0.481 bits per heavy atom. The number of carbonyl (C=O) groups excluding carboxylic acids is 4. The Labute approximate surface area is 651 Å². The van der Waals surface area contributed by atoms with Crippen LogP contribution in [-0.2, 0) is 65.4 Å². The van der Waals surface area contributed by atoms with Gasteiger partial charge in [0.1, 0.15) is 19.3 Å². The highest BCUT2D eigenvalue weighted by molar-refractivity contribution is 7.47. The first-order chi connectivity index (χ1) is 51.3. The fraction of sp³-hybridized carbons (Fsp3) is 0.954. The summed E-state index contributed by atoms with van der Waals surface area (Å²) in [6.45, 7) is 12.1. The number of aliphatic hydroxyl groups excluding tert-OH is 1. The molecule has 0 saturated heterocycles. The number of carbonyl (C=O) groups is 4. The van der Waals surface area contributed by atoms with Crippen LogP contribution in [0.25, 0.3) is 0 Å². The van der Waals surface area contributed by atoms with Gasteiger partial charge in [-0.05, 0) is 43.4 Å². The Morgan fingerprint density at radius 1 is 0.274 bits per heavy atom. The number of esters is 4. The predicted octanol–water partition coefficient (Wildman–Crippen LogP) is 26.5. The minimum atomic E-state index is -4.97. The average molecular weight is 1550 g/mol. The summed E-state index contributed by atoms with van der Waals surface area (Å²) in [4.78, 5) is 73.3. The van der Waals surface area contributed by atoms with E-state index in [0.29, 0.717) is 25.7 Å². The Kier molecular flexibility index (Phi) is 75.6. The molecule has 0 aromatic heterocycles. The molecule has 0 saturated carbocycles. The number of aliphatic hydroxyl groups is 1. The molecule has 3 N–H and O–H groups in total. The second-order valence-electron chi connectivity index (χ2n) is 32.5. The smallest absolute Gasteiger partial charge is 0.462 e. The molecule has 106 heavy (non-hydrogen) atoms. The lowest BCUT2D eigenvalue weighted by molar-refractivity contribution is -0.161. The van der Waals surface area contributed by atoms with Gasteiger partial charge in [0, 0.05) is 25.7 Å². The maximum absolute atomic E-state index is 13.2. The molecule has 17 nitrogen and oxygen atoms in total. The zero-order valence-corrected chi connectivity index (χ0v) is 71.7. The van der Waals surface area contributed by atoms with Crippen molar-refractivity contribution in [2.24, 2.45) is 17.8 Å². The largest absolute Gasteiger partial charge is 0.472 e. The van der Waals surface area contributed by atoms with Crippen LogP contribution in [-0.4, -0.2) is 96.7 Å². The number of hydrogen-bond donors (Lipinski definition) is 3. The fourth-order valence-electron chi connectivity index (χ4n) is 13.5. The molecule has 0 spiro atoms. The molecule has 0 amide bonds. The Balaban J connectivity index is 5.26. The predicted molar refractivity (Wildman–Crippen MR) is 437 cm³/mol. The van der Waals surface area contributed by atoms with Gasteiger partial charge in [-0.25, -0.2) is 9.13 Å². The molecule has 6 atom stereocenters. The van der Waals surface area contributed by atoms with Crippen molar-refractivity contribution in [3.05, 3.63) is 0 Å². The van der Waals surface area contributed by atoms with Crippen molar-refractivity contribution in [1.29, 1.82) is 0 Å². The van der Waals surface area contributed by atoms with Gasteiger partial charge in [-0.3, -0.25) is 37.3 Å². The van der Waals surface area contributed by atoms with Crippen LogP contribution in [0, 0.1) is 17.8 Å². The summed E-state index contributed by atoms with van der Waals surface area (Å²) in [5, 5.41) is 10.7. The van der Waals surface area contributed by atoms with Gasteiger partial charge >= 0.3 is 39.5 Å². The highest BCUT2D eigenvalue weighted by Gasteiger charge is 2.31. The Morgan fingerprint density at radius 3 is 0.717 bits per heavy atom. The number of rotatable bonds is 85. The van der Waals surface area contributed by atoms with E-state index in [4.69, 9.17) is 37.0 Å². The van der Waals surface area contributed by atoms with Crippen molar-refractivity contribution in [3.63, 3.8) is 0 Å². The highest BCUT2D eigenvalue weighted by atomic mass is 31.2. The number of ether oxygens (including phenoxy) is 4. The standard InChI is InChI=1S/C87H170O17P2/c1-8-10-11-12-13-14-15-16-17-18-22-29-34-41-49-56-63-70-87(92)104-83(75-98-85(90)69-62-55-48-43-36-38-45-52-59-66-79(5)6)77-102-106(95,96)100-73-81(88)72-99-105(93,94)101-76-82(74-97-84(89)68-61-54-47-40-33-28-25-24-27-32-39-46-53-60-67-80(7)9-2)103-86(91)71-64-57-50-42-35-30-23-20-19-21-26-31-37-44-51-58-65-78(3)4/h78-83,88H,8-77H2,1-7H3,(H,93,94)(H,95,96)/t80?,81-,82-,83-/m1/s1. The molecule has 0 radical (unpaired) electrons. The zero-order valence-electron chi connectivity index (χ0n) is 69.9. The second kappa shape index (κ2) is 77.0. The quantitative estimate of drug-likeness (QED) is 0.0222. The van der Waals surface area contributed by atoms with E-state index >= 15 is 0 Å². The van der Waals surface area contributed by atoms with E-state index in [9.17, 15) is 43.2 Å². The molecule has 19 heteroatoms. The Hall–Kier alpha value is -1.94. The van der Waals surface area contributed by atoms with Crippen molar-refractivity contribution in [2.45, 2.75) is 478 Å². The summed E-state index contributed by atoms with van der Waals surface area (Å²) in [5.74, 6) is 0.301. The lowest BCUT2D eigenvalue weighted by Crippen LogP contribution is -2.30. The van der Waals surface area contributed by atoms with Gasteiger partial charge in [-0.15, -0.1) is 0 Å². The van der Waals surface area contributed by atoms with E-state index in [-0.39, 0.29) is 25.7 Å². The van der Waals surface area contributed by atoms with Gasteiger partial charge in [0.2, 0.25) is 0 Å². The van der Waals surface area contributed by atoms with E-state index in [1.165, 1.54) is 270 Å². The first kappa shape index (κ1) is 104. The molecular formula is C87H170O17P2. The molecule has 0 bridgehead atoms. The third-order valence-electron chi connectivity index (χ3n) is 20.7. The maximum Gasteiger partial charge on any atom is 0.472 e. The van der Waals surface area contributed by atoms with Crippen molar-refractivity contribution in [1.82, 2.24) is 0 Å². The van der Waals surface area contributed by atoms with Crippen LogP contribution in [0.3, 0.4) is 0 Å². The molecule has 0 fully saturated rings. The van der Waals surface area contributed by atoms with Gasteiger partial charge in [0.15, 0.2) is 12.2 Å². The zero-order chi connectivity index (χ0) is 77.9. The van der Waals surface area contributed by atoms with Crippen LogP contribution in [0.2, 0.25) is 0 Å². The average Bonchev–Trinajstić information content (AvgIpc) is 0.901. The van der Waals surface area contributed by atoms with E-state index in [2.05, 4.69) is 48.5 Å². The van der Waals surface area contributed by atoms with E-state index in [0.717, 1.165) is 108 Å². The Bertz CT molecular complexity index is 2050. The third-order valence-corrected chi connectivity index (χ3v) is 22.6. The van der Waals surface area contributed by atoms with Crippen LogP contribution in [0.4, 0.5) is 0 Å². The fourth-order valence-corrected chi connectivity index (χ4v) is 15.1. The van der Waals surface area contributed by atoms with Crippen molar-refractivity contribution in [3.8, 4) is 0 Å². The normalized spacial score (nSPS) is 14.1. The van der Waals surface area contributed by atoms with Gasteiger partial charge in [-0.1, -0.05) is 408 Å². The van der Waals surface area contributed by atoms with E-state index in [1.807, 2.05) is 0 Å². The summed E-state index contributed by atoms with van der Waals surface area (Å²) < 4.78 is 69.0. The summed E-state index contributed by atoms with van der Waals surface area (Å²) >= 11 is 0. The van der Waals surface area contributed by atoms with Crippen LogP contribution in [0.1, 0.15) is 459 Å². The summed E-state index contributed by atoms with van der Waals surface area (Å²) in [6, 6.07) is 0. The summed E-state index contributed by atoms with van der Waals surface area (Å²) in [5.41, 5.74) is 0. The molecule has 0 aliphatic rings. The maximum atomic E-state index is 13.2. The molecule has 0 aliphatic heterocycles. The van der Waals surface area contributed by atoms with Crippen LogP contribution in [0.15, 0.2) is 0 Å². The summed E-state index contributed by atoms with van der Waals surface area (Å²) in [6.07, 6.45) is 67.9. The number of unbranched alkanes of at least 4 members (excludes halogenated alkanes) is 52. The van der Waals surface area contributed by atoms with Crippen molar-refractivity contribution < 1.29 is 80.2 Å². The first-order valence-electron chi connectivity index (χ1n) is 44.9. The molecule has 0 rings (SSSR count). The molecule has 3 unspecified atom stereocenters. The molecule has 0 aromatic rings. The molecular weight excluding hydrogens is 1380 g/mol. The van der Waals surface area contributed by atoms with Crippen LogP contribution in [0.5, 0.6) is 0 Å². The van der Waals surface area contributed by atoms with Gasteiger partial charge in [0.05, 0.1) is 26.4 Å². The SMILES string of the molecule is CCCCCCCCCCCCCCCCCCCC(=O)O[C@H](COC(=O)CCCCCCCCCCCC(C)C)COP(=O)(O)OC[C@H](O)COP(=O)(O)OC[C@@H](COC(=O)CCCCCCCCCCCCCCCCC(C)CC)OC(=O)CCCCCCCCCCCCCCCCCCC(C)C. The third kappa shape index (κ3) is 78.7. The second-order valence-corrected chi connectivity index (χ2v) is 35.4.